The van der Waals surface area contributed by atoms with Crippen molar-refractivity contribution in [2.45, 2.75) is 19.9 Å². The van der Waals surface area contributed by atoms with Gasteiger partial charge in [-0.1, -0.05) is 19.9 Å². The summed E-state index contributed by atoms with van der Waals surface area (Å²) in [5.41, 5.74) is 0.481. The average Bonchev–Trinajstić information content (AvgIpc) is 2.34. The van der Waals surface area contributed by atoms with Crippen molar-refractivity contribution in [1.82, 2.24) is 5.32 Å². The van der Waals surface area contributed by atoms with Crippen LogP contribution >= 0.6 is 15.9 Å². The van der Waals surface area contributed by atoms with E-state index < -0.39 is 12.0 Å². The van der Waals surface area contributed by atoms with Crippen molar-refractivity contribution in [2.75, 3.05) is 7.11 Å². The Labute approximate surface area is 120 Å². The van der Waals surface area contributed by atoms with Crippen molar-refractivity contribution in [1.29, 1.82) is 0 Å². The Hall–Kier alpha value is -1.56. The van der Waals surface area contributed by atoms with E-state index in [1.54, 1.807) is 32.0 Å². The number of ether oxygens (including phenoxy) is 1. The van der Waals surface area contributed by atoms with E-state index in [1.165, 1.54) is 7.11 Å². The zero-order valence-electron chi connectivity index (χ0n) is 10.9. The normalized spacial score (nSPS) is 12.1. The van der Waals surface area contributed by atoms with Crippen LogP contribution in [0.3, 0.4) is 0 Å². The third-order valence-electron chi connectivity index (χ3n) is 2.57. The molecule has 0 aliphatic carbocycles. The van der Waals surface area contributed by atoms with Gasteiger partial charge in [0.2, 0.25) is 5.91 Å². The van der Waals surface area contributed by atoms with Crippen LogP contribution in [0.2, 0.25) is 0 Å². The van der Waals surface area contributed by atoms with E-state index in [9.17, 15) is 14.7 Å². The third kappa shape index (κ3) is 3.96. The van der Waals surface area contributed by atoms with Crippen LogP contribution in [0.4, 0.5) is 0 Å². The second kappa shape index (κ2) is 6.56. The van der Waals surface area contributed by atoms with Gasteiger partial charge < -0.3 is 15.2 Å². The second-order valence-electron chi connectivity index (χ2n) is 4.33. The van der Waals surface area contributed by atoms with Crippen LogP contribution < -0.4 is 10.1 Å². The minimum atomic E-state index is -1.11. The van der Waals surface area contributed by atoms with E-state index in [0.29, 0.717) is 15.8 Å². The first-order chi connectivity index (χ1) is 8.86. The Kier molecular flexibility index (Phi) is 5.35. The number of carbonyl (C=O) groups excluding carboxylic acids is 1. The maximum atomic E-state index is 11.6. The predicted octanol–water partition coefficient (Wildman–Crippen LogP) is 2.36. The number of benzene rings is 1. The minimum absolute atomic E-state index is 0.275. The molecule has 1 atom stereocenters. The molecule has 1 unspecified atom stereocenters. The zero-order chi connectivity index (χ0) is 14.6. The van der Waals surface area contributed by atoms with Crippen LogP contribution in [0.25, 0.3) is 0 Å². The van der Waals surface area contributed by atoms with Gasteiger partial charge in [-0.3, -0.25) is 4.79 Å². The van der Waals surface area contributed by atoms with Gasteiger partial charge in [0.15, 0.2) is 6.04 Å². The van der Waals surface area contributed by atoms with Crippen molar-refractivity contribution in [3.63, 3.8) is 0 Å². The summed E-state index contributed by atoms with van der Waals surface area (Å²) < 4.78 is 5.71. The largest absolute Gasteiger partial charge is 0.496 e. The summed E-state index contributed by atoms with van der Waals surface area (Å²) in [5.74, 6) is -1.09. The molecule has 0 saturated carbocycles. The molecule has 0 spiro atoms. The molecule has 6 heteroatoms. The van der Waals surface area contributed by atoms with E-state index in [2.05, 4.69) is 21.2 Å². The molecule has 1 amide bonds. The molecule has 5 nitrogen and oxygen atoms in total. The molecule has 1 aromatic carbocycles. The molecule has 2 N–H and O–H groups in total. The molecule has 1 rings (SSSR count). The van der Waals surface area contributed by atoms with Crippen LogP contribution in [0.15, 0.2) is 22.7 Å². The lowest BCUT2D eigenvalue weighted by atomic mass is 10.1. The van der Waals surface area contributed by atoms with Crippen LogP contribution in [-0.4, -0.2) is 24.1 Å². The highest BCUT2D eigenvalue weighted by molar-refractivity contribution is 9.10. The molecule has 0 radical (unpaired) electrons. The maximum absolute atomic E-state index is 11.6. The second-order valence-corrected chi connectivity index (χ2v) is 5.18. The Morgan fingerprint density at radius 1 is 1.37 bits per heavy atom. The zero-order valence-corrected chi connectivity index (χ0v) is 12.5. The number of hydrogen-bond donors (Lipinski definition) is 2. The number of carboxylic acids is 1. The molecule has 0 fully saturated rings. The van der Waals surface area contributed by atoms with Crippen LogP contribution in [0.5, 0.6) is 5.75 Å². The summed E-state index contributed by atoms with van der Waals surface area (Å²) >= 11 is 3.29. The number of halogens is 1. The Bertz CT molecular complexity index is 488. The summed E-state index contributed by atoms with van der Waals surface area (Å²) in [7, 11) is 1.52. The summed E-state index contributed by atoms with van der Waals surface area (Å²) in [6, 6.07) is 3.81. The van der Waals surface area contributed by atoms with Crippen molar-refractivity contribution >= 4 is 27.8 Å². The van der Waals surface area contributed by atoms with Gasteiger partial charge in [0, 0.05) is 5.92 Å². The highest BCUT2D eigenvalue weighted by atomic mass is 79.9. The highest BCUT2D eigenvalue weighted by Gasteiger charge is 2.23. The smallest absolute Gasteiger partial charge is 0.330 e. The number of carboxylic acid groups (broad SMARTS) is 1. The summed E-state index contributed by atoms with van der Waals surface area (Å²) in [5, 5.41) is 11.7. The summed E-state index contributed by atoms with van der Waals surface area (Å²) in [6.45, 7) is 3.41. The molecular formula is C13H16BrNO4. The Morgan fingerprint density at radius 3 is 2.42 bits per heavy atom. The van der Waals surface area contributed by atoms with Gasteiger partial charge in [-0.05, 0) is 33.6 Å². The molecule has 104 valence electrons. The monoisotopic (exact) mass is 329 g/mol. The summed E-state index contributed by atoms with van der Waals surface area (Å²) in [6.07, 6.45) is 0. The molecule has 0 bridgehead atoms. The van der Waals surface area contributed by atoms with E-state index in [-0.39, 0.29) is 11.8 Å². The van der Waals surface area contributed by atoms with E-state index in [4.69, 9.17) is 4.74 Å². The van der Waals surface area contributed by atoms with Crippen molar-refractivity contribution in [3.8, 4) is 5.75 Å². The van der Waals surface area contributed by atoms with E-state index in [0.717, 1.165) is 0 Å². The molecule has 19 heavy (non-hydrogen) atoms. The molecule has 1 aromatic rings. The lowest BCUT2D eigenvalue weighted by Gasteiger charge is -2.17. The number of methoxy groups -OCH3 is 1. The number of carbonyl (C=O) groups is 2. The van der Waals surface area contributed by atoms with Gasteiger partial charge in [-0.15, -0.1) is 0 Å². The van der Waals surface area contributed by atoms with Crippen molar-refractivity contribution < 1.29 is 19.4 Å². The maximum Gasteiger partial charge on any atom is 0.330 e. The topological polar surface area (TPSA) is 75.6 Å². The van der Waals surface area contributed by atoms with Crippen LogP contribution in [0.1, 0.15) is 25.5 Å². The standard InChI is InChI=1S/C13H16BrNO4/c1-7(2)12(16)15-11(13(17)18)8-4-5-10(19-3)9(14)6-8/h4-7,11H,1-3H3,(H,15,16)(H,17,18). The third-order valence-corrected chi connectivity index (χ3v) is 3.19. The van der Waals surface area contributed by atoms with Crippen molar-refractivity contribution in [2.24, 2.45) is 5.92 Å². The first-order valence-corrected chi connectivity index (χ1v) is 6.52. The first-order valence-electron chi connectivity index (χ1n) is 5.73. The molecule has 0 aliphatic rings. The fraction of sp³-hybridized carbons (Fsp3) is 0.385. The van der Waals surface area contributed by atoms with Crippen molar-refractivity contribution in [3.05, 3.63) is 28.2 Å². The Balaban J connectivity index is 3.03. The fourth-order valence-corrected chi connectivity index (χ4v) is 2.02. The average molecular weight is 330 g/mol. The predicted molar refractivity (Wildman–Crippen MR) is 74.1 cm³/mol. The number of hydrogen-bond acceptors (Lipinski definition) is 3. The van der Waals surface area contributed by atoms with Gasteiger partial charge in [0.1, 0.15) is 5.75 Å². The van der Waals surface area contributed by atoms with Gasteiger partial charge in [0.25, 0.3) is 0 Å². The van der Waals surface area contributed by atoms with Gasteiger partial charge in [0.05, 0.1) is 11.6 Å². The number of aliphatic carboxylic acids is 1. The molecule has 0 aromatic heterocycles. The fourth-order valence-electron chi connectivity index (χ4n) is 1.46. The minimum Gasteiger partial charge on any atom is -0.496 e. The number of nitrogens with one attached hydrogen (secondary N) is 1. The highest BCUT2D eigenvalue weighted by Crippen LogP contribution is 2.28. The molecule has 0 saturated heterocycles. The van der Waals surface area contributed by atoms with Crippen LogP contribution in [0, 0.1) is 5.92 Å². The number of amides is 1. The van der Waals surface area contributed by atoms with Gasteiger partial charge >= 0.3 is 5.97 Å². The Morgan fingerprint density at radius 2 is 2.00 bits per heavy atom. The molecule has 0 heterocycles. The summed E-state index contributed by atoms with van der Waals surface area (Å²) in [4.78, 5) is 22.9. The number of rotatable bonds is 5. The van der Waals surface area contributed by atoms with Gasteiger partial charge in [-0.25, -0.2) is 4.79 Å². The lowest BCUT2D eigenvalue weighted by molar-refractivity contribution is -0.142. The molecular weight excluding hydrogens is 314 g/mol. The van der Waals surface area contributed by atoms with E-state index >= 15 is 0 Å². The van der Waals surface area contributed by atoms with Gasteiger partial charge in [-0.2, -0.15) is 0 Å². The lowest BCUT2D eigenvalue weighted by Crippen LogP contribution is -2.36. The first kappa shape index (κ1) is 15.5. The quantitative estimate of drug-likeness (QED) is 0.869. The van der Waals surface area contributed by atoms with Crippen LogP contribution in [-0.2, 0) is 9.59 Å². The SMILES string of the molecule is COc1ccc(C(NC(=O)C(C)C)C(=O)O)cc1Br. The van der Waals surface area contributed by atoms with E-state index in [1.807, 2.05) is 0 Å². The molecule has 0 aliphatic heterocycles.